The Bertz CT molecular complexity index is 649. The van der Waals surface area contributed by atoms with Crippen LogP contribution in [-0.2, 0) is 16.0 Å². The lowest BCUT2D eigenvalue weighted by Gasteiger charge is -2.39. The Labute approximate surface area is 149 Å². The van der Waals surface area contributed by atoms with E-state index >= 15 is 0 Å². The number of rotatable bonds is 5. The summed E-state index contributed by atoms with van der Waals surface area (Å²) in [7, 11) is 1.65. The zero-order chi connectivity index (χ0) is 17.9. The number of aromatic nitrogens is 1. The van der Waals surface area contributed by atoms with Crippen LogP contribution in [0.4, 0.5) is 0 Å². The highest BCUT2D eigenvalue weighted by molar-refractivity contribution is 5.95. The number of methoxy groups -OCH3 is 1. The number of hydrogen-bond donors (Lipinski definition) is 0. The molecule has 1 spiro atoms. The molecule has 6 nitrogen and oxygen atoms in total. The molecule has 0 radical (unpaired) electrons. The maximum Gasteiger partial charge on any atom is 0.254 e. The van der Waals surface area contributed by atoms with Gasteiger partial charge in [0.05, 0.1) is 12.0 Å². The van der Waals surface area contributed by atoms with E-state index in [0.717, 1.165) is 37.9 Å². The monoisotopic (exact) mass is 345 g/mol. The van der Waals surface area contributed by atoms with Gasteiger partial charge in [0.1, 0.15) is 0 Å². The van der Waals surface area contributed by atoms with Gasteiger partial charge >= 0.3 is 0 Å². The van der Waals surface area contributed by atoms with Crippen molar-refractivity contribution < 1.29 is 14.3 Å². The van der Waals surface area contributed by atoms with Crippen LogP contribution in [0.3, 0.4) is 0 Å². The van der Waals surface area contributed by atoms with Crippen LogP contribution in [0.5, 0.6) is 0 Å². The van der Waals surface area contributed by atoms with Crippen molar-refractivity contribution in [2.45, 2.75) is 32.6 Å². The largest absolute Gasteiger partial charge is 0.383 e. The number of nitrogens with zero attached hydrogens (tertiary/aromatic N) is 3. The summed E-state index contributed by atoms with van der Waals surface area (Å²) in [5.74, 6) is 0.200. The molecule has 2 aliphatic rings. The number of amides is 2. The molecule has 1 unspecified atom stereocenters. The van der Waals surface area contributed by atoms with E-state index in [2.05, 4.69) is 4.98 Å². The molecule has 0 aliphatic carbocycles. The number of aryl methyl sites for hydroxylation is 1. The van der Waals surface area contributed by atoms with Gasteiger partial charge < -0.3 is 14.5 Å². The molecule has 6 heteroatoms. The van der Waals surface area contributed by atoms with Crippen LogP contribution < -0.4 is 0 Å². The van der Waals surface area contributed by atoms with E-state index < -0.39 is 5.41 Å². The van der Waals surface area contributed by atoms with Crippen molar-refractivity contribution in [1.29, 1.82) is 0 Å². The summed E-state index contributed by atoms with van der Waals surface area (Å²) in [5.41, 5.74) is 1.19. The van der Waals surface area contributed by atoms with E-state index in [1.807, 2.05) is 22.8 Å². The lowest BCUT2D eigenvalue weighted by molar-refractivity contribution is -0.146. The van der Waals surface area contributed by atoms with Crippen LogP contribution >= 0.6 is 0 Å². The smallest absolute Gasteiger partial charge is 0.254 e. The molecule has 3 rings (SSSR count). The fourth-order valence-corrected chi connectivity index (χ4v) is 3.98. The van der Waals surface area contributed by atoms with Gasteiger partial charge in [-0.1, -0.05) is 6.92 Å². The van der Waals surface area contributed by atoms with Gasteiger partial charge in [0.25, 0.3) is 5.91 Å². The second kappa shape index (κ2) is 7.52. The van der Waals surface area contributed by atoms with Crippen LogP contribution in [0.15, 0.2) is 18.3 Å². The van der Waals surface area contributed by atoms with Crippen molar-refractivity contribution in [3.05, 3.63) is 29.6 Å². The van der Waals surface area contributed by atoms with Gasteiger partial charge in [-0.25, -0.2) is 0 Å². The van der Waals surface area contributed by atoms with Crippen LogP contribution in [0, 0.1) is 5.41 Å². The quantitative estimate of drug-likeness (QED) is 0.816. The Kier molecular flexibility index (Phi) is 5.37. The molecule has 136 valence electrons. The zero-order valence-corrected chi connectivity index (χ0v) is 15.2. The number of carbonyl (C=O) groups excluding carboxylic acids is 2. The minimum Gasteiger partial charge on any atom is -0.383 e. The Balaban J connectivity index is 1.71. The van der Waals surface area contributed by atoms with Gasteiger partial charge in [0.15, 0.2) is 0 Å². The Morgan fingerprint density at radius 3 is 2.96 bits per heavy atom. The van der Waals surface area contributed by atoms with Gasteiger partial charge in [0.2, 0.25) is 5.91 Å². The molecule has 0 aromatic carbocycles. The maximum absolute atomic E-state index is 13.0. The standard InChI is InChI=1S/C19H27N3O3/c1-3-16-13-15(5-8-20-16)17(23)22-10-7-19(14-22)6-4-9-21(18(19)24)11-12-25-2/h5,8,13H,3-4,6-7,9-12,14H2,1-2H3. The SMILES string of the molecule is CCc1cc(C(=O)N2CCC3(CCCN(CCOC)C3=O)C2)ccn1. The van der Waals surface area contributed by atoms with Crippen molar-refractivity contribution in [1.82, 2.24) is 14.8 Å². The van der Waals surface area contributed by atoms with Crippen molar-refractivity contribution in [3.8, 4) is 0 Å². The van der Waals surface area contributed by atoms with Crippen LogP contribution in [0.2, 0.25) is 0 Å². The molecule has 1 aromatic rings. The first-order valence-corrected chi connectivity index (χ1v) is 9.12. The summed E-state index contributed by atoms with van der Waals surface area (Å²) < 4.78 is 5.12. The minimum atomic E-state index is -0.401. The van der Waals surface area contributed by atoms with Crippen LogP contribution in [0.1, 0.15) is 42.2 Å². The van der Waals surface area contributed by atoms with Crippen LogP contribution in [-0.4, -0.2) is 66.5 Å². The molecule has 0 bridgehead atoms. The highest BCUT2D eigenvalue weighted by Crippen LogP contribution is 2.40. The highest BCUT2D eigenvalue weighted by atomic mass is 16.5. The average molecular weight is 345 g/mol. The van der Waals surface area contributed by atoms with Gasteiger partial charge in [-0.05, 0) is 37.8 Å². The lowest BCUT2D eigenvalue weighted by Crippen LogP contribution is -2.51. The van der Waals surface area contributed by atoms with Crippen molar-refractivity contribution in [2.24, 2.45) is 5.41 Å². The summed E-state index contributed by atoms with van der Waals surface area (Å²) in [6.07, 6.45) is 5.11. The van der Waals surface area contributed by atoms with E-state index in [4.69, 9.17) is 4.74 Å². The highest BCUT2D eigenvalue weighted by Gasteiger charge is 2.49. The van der Waals surface area contributed by atoms with E-state index in [0.29, 0.717) is 31.8 Å². The number of hydrogen-bond acceptors (Lipinski definition) is 4. The van der Waals surface area contributed by atoms with E-state index in [1.54, 1.807) is 19.4 Å². The number of pyridine rings is 1. The predicted octanol–water partition coefficient (Wildman–Crippen LogP) is 1.75. The summed E-state index contributed by atoms with van der Waals surface area (Å²) in [5, 5.41) is 0. The predicted molar refractivity (Wildman–Crippen MR) is 94.3 cm³/mol. The molecule has 1 aromatic heterocycles. The van der Waals surface area contributed by atoms with Crippen molar-refractivity contribution in [2.75, 3.05) is 39.9 Å². The molecule has 0 saturated carbocycles. The molecular weight excluding hydrogens is 318 g/mol. The molecule has 2 amide bonds. The normalized spacial score (nSPS) is 23.5. The molecule has 0 N–H and O–H groups in total. The lowest BCUT2D eigenvalue weighted by atomic mass is 9.78. The van der Waals surface area contributed by atoms with E-state index in [1.165, 1.54) is 0 Å². The van der Waals surface area contributed by atoms with Gasteiger partial charge in [-0.2, -0.15) is 0 Å². The molecule has 3 heterocycles. The molecule has 2 fully saturated rings. The first kappa shape index (κ1) is 17.9. The topological polar surface area (TPSA) is 62.7 Å². The van der Waals surface area contributed by atoms with Gasteiger partial charge in [0, 0.05) is 50.7 Å². The van der Waals surface area contributed by atoms with E-state index in [-0.39, 0.29) is 11.8 Å². The number of carbonyl (C=O) groups is 2. The molecule has 2 saturated heterocycles. The summed E-state index contributed by atoms with van der Waals surface area (Å²) in [6, 6.07) is 3.63. The summed E-state index contributed by atoms with van der Waals surface area (Å²) >= 11 is 0. The third kappa shape index (κ3) is 3.54. The van der Waals surface area contributed by atoms with Gasteiger partial charge in [-0.3, -0.25) is 14.6 Å². The number of likely N-dealkylation sites (tertiary alicyclic amines) is 2. The average Bonchev–Trinajstić information content (AvgIpc) is 3.07. The van der Waals surface area contributed by atoms with E-state index in [9.17, 15) is 9.59 Å². The summed E-state index contributed by atoms with van der Waals surface area (Å²) in [6.45, 7) is 5.18. The third-order valence-electron chi connectivity index (χ3n) is 5.46. The van der Waals surface area contributed by atoms with Crippen molar-refractivity contribution >= 4 is 11.8 Å². The van der Waals surface area contributed by atoms with Gasteiger partial charge in [-0.15, -0.1) is 0 Å². The zero-order valence-electron chi connectivity index (χ0n) is 15.2. The fourth-order valence-electron chi connectivity index (χ4n) is 3.98. The number of ether oxygens (including phenoxy) is 1. The second-order valence-electron chi connectivity index (χ2n) is 7.03. The first-order valence-electron chi connectivity index (χ1n) is 9.12. The Hall–Kier alpha value is -1.95. The fraction of sp³-hybridized carbons (Fsp3) is 0.632. The minimum absolute atomic E-state index is 0.00999. The number of piperidine rings is 1. The molecule has 25 heavy (non-hydrogen) atoms. The molecule has 1 atom stereocenters. The Morgan fingerprint density at radius 2 is 2.20 bits per heavy atom. The summed E-state index contributed by atoms with van der Waals surface area (Å²) in [4.78, 5) is 33.8. The maximum atomic E-state index is 13.0. The Morgan fingerprint density at radius 1 is 1.36 bits per heavy atom. The molecular formula is C19H27N3O3. The molecule has 2 aliphatic heterocycles. The first-order chi connectivity index (χ1) is 12.1. The van der Waals surface area contributed by atoms with Crippen LogP contribution in [0.25, 0.3) is 0 Å². The second-order valence-corrected chi connectivity index (χ2v) is 7.03. The van der Waals surface area contributed by atoms with Crippen molar-refractivity contribution in [3.63, 3.8) is 0 Å². The third-order valence-corrected chi connectivity index (χ3v) is 5.46.